The number of carbonyl (C=O) groups is 3. The molecule has 1 unspecified atom stereocenters. The molecule has 1 saturated carbocycles. The third-order valence-corrected chi connectivity index (χ3v) is 6.03. The lowest BCUT2D eigenvalue weighted by molar-refractivity contribution is -0.124. The van der Waals surface area contributed by atoms with E-state index in [4.69, 9.17) is 9.73 Å². The normalized spacial score (nSPS) is 22.0. The lowest BCUT2D eigenvalue weighted by Crippen LogP contribution is -2.46. The zero-order chi connectivity index (χ0) is 22.3. The maximum Gasteiger partial charge on any atom is 0.337 e. The third-order valence-electron chi connectivity index (χ3n) is 6.03. The van der Waals surface area contributed by atoms with Crippen molar-refractivity contribution in [1.29, 1.82) is 0 Å². The Hall–Kier alpha value is -3.28. The van der Waals surface area contributed by atoms with Crippen molar-refractivity contribution >= 4 is 34.7 Å². The molecule has 0 saturated heterocycles. The first-order valence-corrected chi connectivity index (χ1v) is 10.4. The minimum absolute atomic E-state index is 0.0797. The fourth-order valence-electron chi connectivity index (χ4n) is 4.75. The van der Waals surface area contributed by atoms with E-state index < -0.39 is 17.9 Å². The second-order valence-electron chi connectivity index (χ2n) is 9.00. The fraction of sp³-hybridized carbons (Fsp3) is 0.360. The molecule has 0 aromatic heterocycles. The van der Waals surface area contributed by atoms with Gasteiger partial charge in [0.2, 0.25) is 5.91 Å². The molecule has 0 radical (unpaired) electrons. The van der Waals surface area contributed by atoms with Crippen LogP contribution in [-0.2, 0) is 14.3 Å². The van der Waals surface area contributed by atoms with Gasteiger partial charge in [0.25, 0.3) is 0 Å². The number of nitrogens with zero attached hydrogens (tertiary/aromatic N) is 2. The van der Waals surface area contributed by atoms with E-state index >= 15 is 0 Å². The summed E-state index contributed by atoms with van der Waals surface area (Å²) in [7, 11) is 1.33. The number of ether oxygens (including phenoxy) is 1. The van der Waals surface area contributed by atoms with Crippen LogP contribution in [0.15, 0.2) is 53.5 Å². The van der Waals surface area contributed by atoms with Crippen LogP contribution in [0.5, 0.6) is 0 Å². The van der Waals surface area contributed by atoms with Gasteiger partial charge in [0.1, 0.15) is 5.78 Å². The summed E-state index contributed by atoms with van der Waals surface area (Å²) in [4.78, 5) is 44.8. The van der Waals surface area contributed by atoms with Gasteiger partial charge in [-0.2, -0.15) is 0 Å². The smallest absolute Gasteiger partial charge is 0.337 e. The van der Waals surface area contributed by atoms with E-state index in [0.29, 0.717) is 29.8 Å². The first-order chi connectivity index (χ1) is 14.7. The maximum absolute atomic E-state index is 13.4. The van der Waals surface area contributed by atoms with Crippen LogP contribution in [0.25, 0.3) is 0 Å². The molecule has 2 atom stereocenters. The Morgan fingerprint density at radius 1 is 1.06 bits per heavy atom. The number of fused-ring (bicyclic) bond motifs is 2. The molecule has 160 valence electrons. The molecule has 1 aliphatic carbocycles. The van der Waals surface area contributed by atoms with Gasteiger partial charge < -0.3 is 9.64 Å². The number of Topliss-reactive ketones (excluding diaryl/α,β-unsaturated/α-hetero) is 1. The molecule has 2 aliphatic rings. The van der Waals surface area contributed by atoms with Crippen LogP contribution in [0.2, 0.25) is 0 Å². The van der Waals surface area contributed by atoms with Crippen LogP contribution in [0.1, 0.15) is 55.6 Å². The Labute approximate surface area is 181 Å². The Balaban J connectivity index is 1.92. The molecule has 0 N–H and O–H groups in total. The molecule has 6 heteroatoms. The number of methoxy groups -OCH3 is 1. The summed E-state index contributed by atoms with van der Waals surface area (Å²) in [5.41, 5.74) is 3.19. The van der Waals surface area contributed by atoms with Crippen LogP contribution >= 0.6 is 0 Å². The summed E-state index contributed by atoms with van der Waals surface area (Å²) in [5, 5.41) is 0. The highest BCUT2D eigenvalue weighted by molar-refractivity contribution is 6.12. The maximum atomic E-state index is 13.4. The van der Waals surface area contributed by atoms with Crippen molar-refractivity contribution in [2.24, 2.45) is 16.3 Å². The van der Waals surface area contributed by atoms with Gasteiger partial charge in [-0.3, -0.25) is 14.6 Å². The van der Waals surface area contributed by atoms with Crippen molar-refractivity contribution < 1.29 is 19.1 Å². The molecule has 0 bridgehead atoms. The fourth-order valence-corrected chi connectivity index (χ4v) is 4.75. The van der Waals surface area contributed by atoms with E-state index in [2.05, 4.69) is 13.8 Å². The first-order valence-electron chi connectivity index (χ1n) is 10.4. The number of esters is 1. The molecular formula is C25H26N2O4. The molecule has 1 aliphatic heterocycles. The van der Waals surface area contributed by atoms with Gasteiger partial charge in [-0.05, 0) is 41.7 Å². The van der Waals surface area contributed by atoms with Gasteiger partial charge >= 0.3 is 5.97 Å². The van der Waals surface area contributed by atoms with Gasteiger partial charge in [-0.15, -0.1) is 0 Å². The van der Waals surface area contributed by atoms with E-state index in [9.17, 15) is 14.4 Å². The third kappa shape index (κ3) is 3.78. The zero-order valence-electron chi connectivity index (χ0n) is 18.2. The molecule has 4 rings (SSSR count). The number of amides is 1. The number of anilines is 1. The second kappa shape index (κ2) is 7.76. The number of hydrogen-bond acceptors (Lipinski definition) is 5. The first kappa shape index (κ1) is 21.0. The van der Waals surface area contributed by atoms with Crippen molar-refractivity contribution in [2.75, 3.05) is 12.0 Å². The van der Waals surface area contributed by atoms with Gasteiger partial charge in [-0.25, -0.2) is 4.79 Å². The van der Waals surface area contributed by atoms with E-state index in [1.807, 2.05) is 24.3 Å². The molecule has 31 heavy (non-hydrogen) atoms. The number of rotatable bonds is 2. The minimum atomic E-state index is -0.534. The van der Waals surface area contributed by atoms with Crippen molar-refractivity contribution in [2.45, 2.75) is 39.7 Å². The number of carbonyl (C=O) groups excluding carboxylic acids is 3. The summed E-state index contributed by atoms with van der Waals surface area (Å²) in [6, 6.07) is 13.9. The van der Waals surface area contributed by atoms with Crippen LogP contribution in [-0.4, -0.2) is 30.5 Å². The highest BCUT2D eigenvalue weighted by atomic mass is 16.5. The standard InChI is InChI=1S/C25H26N2O4/c1-15(28)27-20-8-6-5-7-18(20)26-19-13-25(2,3)14-21(29)22(19)23(27)16-9-11-17(12-10-16)24(30)31-4/h5-12,22-23H,13-14H2,1-4H3/t22?,23-/m1/s1. The van der Waals surface area contributed by atoms with Crippen LogP contribution in [0.4, 0.5) is 11.4 Å². The average Bonchev–Trinajstić information content (AvgIpc) is 2.86. The number of hydrogen-bond donors (Lipinski definition) is 0. The lowest BCUT2D eigenvalue weighted by atomic mass is 9.68. The van der Waals surface area contributed by atoms with Crippen LogP contribution in [0, 0.1) is 11.3 Å². The predicted molar refractivity (Wildman–Crippen MR) is 119 cm³/mol. The second-order valence-corrected chi connectivity index (χ2v) is 9.00. The van der Waals surface area contributed by atoms with E-state index in [1.54, 1.807) is 29.2 Å². The van der Waals surface area contributed by atoms with Crippen molar-refractivity contribution in [3.8, 4) is 0 Å². The molecule has 1 fully saturated rings. The molecule has 1 amide bonds. The van der Waals surface area contributed by atoms with Gasteiger partial charge in [0.15, 0.2) is 0 Å². The Morgan fingerprint density at radius 3 is 2.39 bits per heavy atom. The SMILES string of the molecule is COC(=O)c1ccc([C@@H]2C3C(=O)CC(C)(C)CC3=Nc3ccccc3N2C(C)=O)cc1. The summed E-state index contributed by atoms with van der Waals surface area (Å²) < 4.78 is 4.80. The highest BCUT2D eigenvalue weighted by Crippen LogP contribution is 2.48. The predicted octanol–water partition coefficient (Wildman–Crippen LogP) is 4.66. The number of ketones is 1. The van der Waals surface area contributed by atoms with E-state index in [0.717, 1.165) is 11.3 Å². The molecule has 2 aromatic carbocycles. The summed E-state index contributed by atoms with van der Waals surface area (Å²) in [6.45, 7) is 5.65. The average molecular weight is 418 g/mol. The summed E-state index contributed by atoms with van der Waals surface area (Å²) in [6.07, 6.45) is 1.11. The molecule has 2 aromatic rings. The minimum Gasteiger partial charge on any atom is -0.465 e. The molecule has 6 nitrogen and oxygen atoms in total. The number of aliphatic imine (C=N–C) groups is 1. The highest BCUT2D eigenvalue weighted by Gasteiger charge is 2.47. The molecule has 0 spiro atoms. The van der Waals surface area contributed by atoms with Crippen molar-refractivity contribution in [3.63, 3.8) is 0 Å². The Bertz CT molecular complexity index is 1080. The van der Waals surface area contributed by atoms with Gasteiger partial charge in [-0.1, -0.05) is 38.1 Å². The summed E-state index contributed by atoms with van der Waals surface area (Å²) >= 11 is 0. The summed E-state index contributed by atoms with van der Waals surface area (Å²) in [5.74, 6) is -1.05. The number of para-hydroxylation sites is 2. The van der Waals surface area contributed by atoms with Gasteiger partial charge in [0.05, 0.1) is 36.0 Å². The zero-order valence-corrected chi connectivity index (χ0v) is 18.2. The Kier molecular flexibility index (Phi) is 5.25. The monoisotopic (exact) mass is 418 g/mol. The van der Waals surface area contributed by atoms with Crippen molar-refractivity contribution in [1.82, 2.24) is 0 Å². The van der Waals surface area contributed by atoms with Crippen LogP contribution in [0.3, 0.4) is 0 Å². The van der Waals surface area contributed by atoms with E-state index in [-0.39, 0.29) is 17.1 Å². The molecule has 1 heterocycles. The topological polar surface area (TPSA) is 76.0 Å². The van der Waals surface area contributed by atoms with Crippen molar-refractivity contribution in [3.05, 3.63) is 59.7 Å². The Morgan fingerprint density at radius 2 is 1.74 bits per heavy atom. The van der Waals surface area contributed by atoms with Crippen LogP contribution < -0.4 is 4.90 Å². The quantitative estimate of drug-likeness (QED) is 0.665. The van der Waals surface area contributed by atoms with E-state index in [1.165, 1.54) is 14.0 Å². The van der Waals surface area contributed by atoms with Gasteiger partial charge in [0, 0.05) is 19.1 Å². The largest absolute Gasteiger partial charge is 0.465 e. The number of benzene rings is 2. The lowest BCUT2D eigenvalue weighted by Gasteiger charge is -2.40. The molecular weight excluding hydrogens is 392 g/mol.